The molecule has 0 bridgehead atoms. The van der Waals surface area contributed by atoms with Crippen LogP contribution in [0.3, 0.4) is 0 Å². The summed E-state index contributed by atoms with van der Waals surface area (Å²) in [5.74, 6) is 0.222. The molecule has 2 N–H and O–H groups in total. The number of fused-ring (bicyclic) bond motifs is 1. The molecule has 0 radical (unpaired) electrons. The van der Waals surface area contributed by atoms with Crippen molar-refractivity contribution >= 4 is 33.1 Å². The SMILES string of the molecule is Cc1cc(-c2nnc(Nc3cn[nH]c3)s2)nc2c(C(F)(F)F)cc(C3CC3)cc12. The number of H-pyrrole nitrogens is 1. The molecule has 3 heterocycles. The molecule has 0 amide bonds. The van der Waals surface area contributed by atoms with E-state index in [-0.39, 0.29) is 11.4 Å². The summed E-state index contributed by atoms with van der Waals surface area (Å²) in [6, 6.07) is 4.86. The maximum Gasteiger partial charge on any atom is 0.418 e. The van der Waals surface area contributed by atoms with Crippen molar-refractivity contribution in [2.24, 2.45) is 0 Å². The van der Waals surface area contributed by atoms with Gasteiger partial charge >= 0.3 is 6.18 Å². The number of rotatable bonds is 4. The second-order valence-corrected chi connectivity index (χ2v) is 8.06. The minimum atomic E-state index is -4.48. The molecular weight excluding hydrogens is 401 g/mol. The maximum atomic E-state index is 13.8. The highest BCUT2D eigenvalue weighted by molar-refractivity contribution is 7.18. The molecule has 1 aromatic carbocycles. The number of anilines is 2. The molecule has 1 fully saturated rings. The lowest BCUT2D eigenvalue weighted by Crippen LogP contribution is -2.08. The van der Waals surface area contributed by atoms with Gasteiger partial charge in [0.1, 0.15) is 5.69 Å². The Morgan fingerprint density at radius 2 is 2.00 bits per heavy atom. The van der Waals surface area contributed by atoms with Gasteiger partial charge in [-0.1, -0.05) is 11.3 Å². The molecule has 0 unspecified atom stereocenters. The van der Waals surface area contributed by atoms with Crippen LogP contribution < -0.4 is 5.32 Å². The van der Waals surface area contributed by atoms with Crippen molar-refractivity contribution < 1.29 is 13.2 Å². The molecule has 3 aromatic heterocycles. The van der Waals surface area contributed by atoms with E-state index in [9.17, 15) is 13.2 Å². The second kappa shape index (κ2) is 6.51. The van der Waals surface area contributed by atoms with Crippen molar-refractivity contribution in [1.29, 1.82) is 0 Å². The highest BCUT2D eigenvalue weighted by Gasteiger charge is 2.36. The van der Waals surface area contributed by atoms with Gasteiger partial charge in [-0.05, 0) is 55.0 Å². The molecule has 0 saturated heterocycles. The van der Waals surface area contributed by atoms with Gasteiger partial charge in [-0.25, -0.2) is 4.98 Å². The Morgan fingerprint density at radius 1 is 1.17 bits per heavy atom. The first kappa shape index (κ1) is 18.0. The molecule has 148 valence electrons. The summed E-state index contributed by atoms with van der Waals surface area (Å²) in [5.41, 5.74) is 1.82. The number of hydrogen-bond donors (Lipinski definition) is 2. The van der Waals surface area contributed by atoms with Crippen molar-refractivity contribution in [3.05, 3.63) is 47.3 Å². The predicted octanol–water partition coefficient (Wildman–Crippen LogP) is 5.42. The number of alkyl halides is 3. The van der Waals surface area contributed by atoms with Gasteiger partial charge in [-0.2, -0.15) is 18.3 Å². The van der Waals surface area contributed by atoms with E-state index in [2.05, 4.69) is 30.7 Å². The molecule has 4 aromatic rings. The van der Waals surface area contributed by atoms with E-state index in [1.54, 1.807) is 25.4 Å². The van der Waals surface area contributed by atoms with Crippen molar-refractivity contribution in [2.75, 3.05) is 5.32 Å². The average Bonchev–Trinajstić information content (AvgIpc) is 3.20. The fourth-order valence-corrected chi connectivity index (χ4v) is 4.04. The fourth-order valence-electron chi connectivity index (χ4n) is 3.31. The third-order valence-electron chi connectivity index (χ3n) is 4.89. The highest BCUT2D eigenvalue weighted by Crippen LogP contribution is 2.45. The van der Waals surface area contributed by atoms with Crippen LogP contribution in [-0.4, -0.2) is 25.4 Å². The van der Waals surface area contributed by atoms with Gasteiger partial charge in [0.25, 0.3) is 0 Å². The molecule has 29 heavy (non-hydrogen) atoms. The lowest BCUT2D eigenvalue weighted by molar-refractivity contribution is -0.136. The van der Waals surface area contributed by atoms with Gasteiger partial charge in [-0.15, -0.1) is 10.2 Å². The van der Waals surface area contributed by atoms with Crippen molar-refractivity contribution in [3.63, 3.8) is 0 Å². The Morgan fingerprint density at radius 3 is 2.69 bits per heavy atom. The fraction of sp³-hybridized carbons (Fsp3) is 0.263. The first-order valence-corrected chi connectivity index (χ1v) is 9.82. The number of aromatic amines is 1. The predicted molar refractivity (Wildman–Crippen MR) is 104 cm³/mol. The molecule has 1 aliphatic carbocycles. The van der Waals surface area contributed by atoms with E-state index in [0.717, 1.165) is 24.0 Å². The number of hydrogen-bond acceptors (Lipinski definition) is 6. The standard InChI is InChI=1S/C19H15F3N6S/c1-9-4-15(17-27-28-18(29-17)25-12-7-23-24-8-12)26-16-13(9)5-11(10-2-3-10)6-14(16)19(20,21)22/h4-8,10H,2-3H2,1H3,(H,23,24)(H,25,28). The van der Waals surface area contributed by atoms with Gasteiger partial charge < -0.3 is 5.32 Å². The first-order valence-electron chi connectivity index (χ1n) is 9.00. The summed E-state index contributed by atoms with van der Waals surface area (Å²) in [6.07, 6.45) is 0.643. The molecular formula is C19H15F3N6S. The molecule has 1 saturated carbocycles. The first-order chi connectivity index (χ1) is 13.9. The zero-order valence-electron chi connectivity index (χ0n) is 15.2. The van der Waals surface area contributed by atoms with Crippen molar-refractivity contribution in [2.45, 2.75) is 31.9 Å². The van der Waals surface area contributed by atoms with Gasteiger partial charge in [0, 0.05) is 11.6 Å². The topological polar surface area (TPSA) is 79.4 Å². The summed E-state index contributed by atoms with van der Waals surface area (Å²) < 4.78 is 41.3. The van der Waals surface area contributed by atoms with Gasteiger partial charge in [0.05, 0.1) is 23.0 Å². The Balaban J connectivity index is 1.60. The minimum absolute atomic E-state index is 0.0450. The summed E-state index contributed by atoms with van der Waals surface area (Å²) >= 11 is 1.21. The highest BCUT2D eigenvalue weighted by atomic mass is 32.1. The number of aryl methyl sites for hydroxylation is 1. The second-order valence-electron chi connectivity index (χ2n) is 7.09. The Labute approximate surface area is 167 Å². The van der Waals surface area contributed by atoms with E-state index in [4.69, 9.17) is 0 Å². The lowest BCUT2D eigenvalue weighted by atomic mass is 9.98. The molecule has 1 aliphatic rings. The quantitative estimate of drug-likeness (QED) is 0.464. The molecule has 0 aliphatic heterocycles. The van der Waals surface area contributed by atoms with Crippen LogP contribution in [0.4, 0.5) is 24.0 Å². The van der Waals surface area contributed by atoms with Crippen molar-refractivity contribution in [3.8, 4) is 10.7 Å². The smallest absolute Gasteiger partial charge is 0.327 e. The van der Waals surface area contributed by atoms with Crippen LogP contribution in [0.5, 0.6) is 0 Å². The van der Waals surface area contributed by atoms with Gasteiger partial charge in [-0.3, -0.25) is 5.10 Å². The van der Waals surface area contributed by atoms with Crippen LogP contribution in [0.15, 0.2) is 30.6 Å². The zero-order chi connectivity index (χ0) is 20.2. The number of benzene rings is 1. The number of pyridine rings is 1. The monoisotopic (exact) mass is 416 g/mol. The van der Waals surface area contributed by atoms with E-state index in [1.165, 1.54) is 17.4 Å². The Bertz CT molecular complexity index is 1190. The Kier molecular flexibility index (Phi) is 4.05. The molecule has 5 rings (SSSR count). The molecule has 0 atom stereocenters. The lowest BCUT2D eigenvalue weighted by Gasteiger charge is -2.14. The van der Waals surface area contributed by atoms with Crippen molar-refractivity contribution in [1.82, 2.24) is 25.4 Å². The molecule has 6 nitrogen and oxygen atoms in total. The maximum absolute atomic E-state index is 13.8. The number of aromatic nitrogens is 5. The van der Waals surface area contributed by atoms with Crippen LogP contribution in [0.1, 0.15) is 35.4 Å². The Hall–Kier alpha value is -3.01. The normalized spacial score (nSPS) is 14.5. The van der Waals surface area contributed by atoms with Crippen LogP contribution >= 0.6 is 11.3 Å². The number of nitrogens with one attached hydrogen (secondary N) is 2. The van der Waals surface area contributed by atoms with Crippen LogP contribution in [0.2, 0.25) is 0 Å². The van der Waals surface area contributed by atoms with E-state index in [0.29, 0.717) is 26.9 Å². The molecule has 10 heteroatoms. The van der Waals surface area contributed by atoms with Gasteiger partial charge in [0.2, 0.25) is 5.13 Å². The minimum Gasteiger partial charge on any atom is -0.327 e. The van der Waals surface area contributed by atoms with E-state index in [1.807, 2.05) is 6.07 Å². The molecule has 0 spiro atoms. The van der Waals surface area contributed by atoms with Crippen LogP contribution in [-0.2, 0) is 6.18 Å². The summed E-state index contributed by atoms with van der Waals surface area (Å²) in [6.45, 7) is 1.80. The van der Waals surface area contributed by atoms with Gasteiger partial charge in [0.15, 0.2) is 5.01 Å². The third kappa shape index (κ3) is 3.44. The third-order valence-corrected chi connectivity index (χ3v) is 5.75. The van der Waals surface area contributed by atoms with E-state index < -0.39 is 11.7 Å². The van der Waals surface area contributed by atoms with Crippen LogP contribution in [0, 0.1) is 6.92 Å². The number of halogens is 3. The largest absolute Gasteiger partial charge is 0.418 e. The summed E-state index contributed by atoms with van der Waals surface area (Å²) in [5, 5.41) is 19.2. The van der Waals surface area contributed by atoms with E-state index >= 15 is 0 Å². The van der Waals surface area contributed by atoms with Crippen LogP contribution in [0.25, 0.3) is 21.6 Å². The average molecular weight is 416 g/mol. The summed E-state index contributed by atoms with van der Waals surface area (Å²) in [4.78, 5) is 4.35. The number of nitrogens with zero attached hydrogens (tertiary/aromatic N) is 4. The summed E-state index contributed by atoms with van der Waals surface area (Å²) in [7, 11) is 0. The zero-order valence-corrected chi connectivity index (χ0v) is 16.0.